The molecular weight excluding hydrogens is 226 g/mol. The van der Waals surface area contributed by atoms with Crippen molar-refractivity contribution < 1.29 is 9.90 Å². The van der Waals surface area contributed by atoms with Gasteiger partial charge in [0.2, 0.25) is 0 Å². The first-order valence-electron chi connectivity index (χ1n) is 5.28. The number of aliphatic hydroxyl groups excluding tert-OH is 1. The summed E-state index contributed by atoms with van der Waals surface area (Å²) < 4.78 is 0. The first-order chi connectivity index (χ1) is 7.65. The van der Waals surface area contributed by atoms with Crippen LogP contribution in [0.15, 0.2) is 24.3 Å². The number of nitrogens with one attached hydrogen (secondary N) is 1. The lowest BCUT2D eigenvalue weighted by atomic mass is 10.1. The van der Waals surface area contributed by atoms with Gasteiger partial charge in [-0.3, -0.25) is 4.79 Å². The molecule has 0 bridgehead atoms. The van der Waals surface area contributed by atoms with Gasteiger partial charge in [0.05, 0.1) is 10.6 Å². The molecule has 1 rings (SSSR count). The highest BCUT2D eigenvalue weighted by Gasteiger charge is 2.10. The molecule has 3 nitrogen and oxygen atoms in total. The molecule has 0 aliphatic heterocycles. The number of hydrogen-bond acceptors (Lipinski definition) is 2. The Balaban J connectivity index is 2.50. The van der Waals surface area contributed by atoms with Gasteiger partial charge < -0.3 is 10.4 Å². The number of amides is 1. The van der Waals surface area contributed by atoms with Gasteiger partial charge in [0, 0.05) is 13.2 Å². The zero-order chi connectivity index (χ0) is 12.0. The summed E-state index contributed by atoms with van der Waals surface area (Å²) in [5.41, 5.74) is 0.486. The average Bonchev–Trinajstić information content (AvgIpc) is 2.27. The predicted octanol–water partition coefficient (Wildman–Crippen LogP) is 2.09. The zero-order valence-corrected chi connectivity index (χ0v) is 10.00. The second-order valence-electron chi connectivity index (χ2n) is 3.81. The lowest BCUT2D eigenvalue weighted by molar-refractivity contribution is 0.0945. The Morgan fingerprint density at radius 3 is 2.81 bits per heavy atom. The second kappa shape index (κ2) is 6.51. The summed E-state index contributed by atoms with van der Waals surface area (Å²) in [7, 11) is 0. The van der Waals surface area contributed by atoms with E-state index >= 15 is 0 Å². The average molecular weight is 242 g/mol. The van der Waals surface area contributed by atoms with Crippen molar-refractivity contribution >= 4 is 17.5 Å². The molecule has 1 aromatic rings. The molecule has 0 aliphatic rings. The molecule has 0 heterocycles. The lowest BCUT2D eigenvalue weighted by Crippen LogP contribution is -2.28. The van der Waals surface area contributed by atoms with E-state index in [0.29, 0.717) is 23.6 Å². The monoisotopic (exact) mass is 241 g/mol. The highest BCUT2D eigenvalue weighted by molar-refractivity contribution is 6.33. The molecule has 88 valence electrons. The van der Waals surface area contributed by atoms with Crippen molar-refractivity contribution in [2.24, 2.45) is 5.92 Å². The van der Waals surface area contributed by atoms with Crippen LogP contribution in [0, 0.1) is 5.92 Å². The van der Waals surface area contributed by atoms with Crippen LogP contribution in [-0.4, -0.2) is 24.2 Å². The Labute approximate surface area is 100 Å². The Hall–Kier alpha value is -1.06. The number of aliphatic hydroxyl groups is 1. The van der Waals surface area contributed by atoms with E-state index < -0.39 is 0 Å². The molecule has 0 aromatic heterocycles. The van der Waals surface area contributed by atoms with Gasteiger partial charge in [-0.15, -0.1) is 0 Å². The maximum Gasteiger partial charge on any atom is 0.252 e. The van der Waals surface area contributed by atoms with Crippen LogP contribution in [0.3, 0.4) is 0 Å². The van der Waals surface area contributed by atoms with Crippen LogP contribution in [0.25, 0.3) is 0 Å². The number of carbonyl (C=O) groups excluding carboxylic acids is 1. The first-order valence-corrected chi connectivity index (χ1v) is 5.66. The van der Waals surface area contributed by atoms with E-state index in [0.717, 1.165) is 0 Å². The Bertz CT molecular complexity index is 355. The fourth-order valence-electron chi connectivity index (χ4n) is 1.33. The third-order valence-corrected chi connectivity index (χ3v) is 2.68. The van der Waals surface area contributed by atoms with Gasteiger partial charge in [-0.05, 0) is 24.5 Å². The highest BCUT2D eigenvalue weighted by Crippen LogP contribution is 2.14. The van der Waals surface area contributed by atoms with Gasteiger partial charge in [0.15, 0.2) is 0 Å². The smallest absolute Gasteiger partial charge is 0.252 e. The van der Waals surface area contributed by atoms with Crippen molar-refractivity contribution in [3.63, 3.8) is 0 Å². The van der Waals surface area contributed by atoms with Crippen molar-refractivity contribution in [3.8, 4) is 0 Å². The summed E-state index contributed by atoms with van der Waals surface area (Å²) >= 11 is 5.89. The minimum absolute atomic E-state index is 0.142. The molecule has 0 aliphatic carbocycles. The van der Waals surface area contributed by atoms with Crippen LogP contribution in [0.1, 0.15) is 23.7 Å². The molecule has 2 N–H and O–H groups in total. The third-order valence-electron chi connectivity index (χ3n) is 2.35. The normalized spacial score (nSPS) is 12.2. The van der Waals surface area contributed by atoms with Crippen LogP contribution in [0.4, 0.5) is 0 Å². The van der Waals surface area contributed by atoms with Crippen LogP contribution in [-0.2, 0) is 0 Å². The summed E-state index contributed by atoms with van der Waals surface area (Å²) in [4.78, 5) is 11.7. The van der Waals surface area contributed by atoms with Gasteiger partial charge in [-0.2, -0.15) is 0 Å². The van der Waals surface area contributed by atoms with E-state index in [1.165, 1.54) is 0 Å². The number of benzene rings is 1. The molecule has 0 fully saturated rings. The van der Waals surface area contributed by atoms with Crippen molar-refractivity contribution in [3.05, 3.63) is 34.9 Å². The molecule has 1 unspecified atom stereocenters. The molecule has 0 saturated carbocycles. The third kappa shape index (κ3) is 3.83. The summed E-state index contributed by atoms with van der Waals surface area (Å²) in [5, 5.41) is 12.0. The molecule has 1 atom stereocenters. The summed E-state index contributed by atoms with van der Waals surface area (Å²) in [6.45, 7) is 2.66. The van der Waals surface area contributed by atoms with E-state index in [9.17, 15) is 4.79 Å². The van der Waals surface area contributed by atoms with Crippen LogP contribution >= 0.6 is 11.6 Å². The Morgan fingerprint density at radius 2 is 2.19 bits per heavy atom. The van der Waals surface area contributed by atoms with Crippen molar-refractivity contribution in [1.29, 1.82) is 0 Å². The van der Waals surface area contributed by atoms with Gasteiger partial charge in [-0.25, -0.2) is 0 Å². The van der Waals surface area contributed by atoms with E-state index in [4.69, 9.17) is 16.7 Å². The predicted molar refractivity (Wildman–Crippen MR) is 64.7 cm³/mol. The minimum atomic E-state index is -0.171. The van der Waals surface area contributed by atoms with E-state index in [-0.39, 0.29) is 18.4 Å². The van der Waals surface area contributed by atoms with Gasteiger partial charge in [0.1, 0.15) is 0 Å². The highest BCUT2D eigenvalue weighted by atomic mass is 35.5. The first kappa shape index (κ1) is 13.0. The fourth-order valence-corrected chi connectivity index (χ4v) is 1.55. The fraction of sp³-hybridized carbons (Fsp3) is 0.417. The largest absolute Gasteiger partial charge is 0.396 e. The summed E-state index contributed by atoms with van der Waals surface area (Å²) in [6, 6.07) is 6.94. The van der Waals surface area contributed by atoms with Crippen molar-refractivity contribution in [2.45, 2.75) is 13.3 Å². The van der Waals surface area contributed by atoms with Crippen LogP contribution in [0.2, 0.25) is 5.02 Å². The van der Waals surface area contributed by atoms with E-state index in [1.807, 2.05) is 6.92 Å². The van der Waals surface area contributed by atoms with E-state index in [1.54, 1.807) is 24.3 Å². The SMILES string of the molecule is CC(CCO)CNC(=O)c1ccccc1Cl. The number of hydrogen-bond donors (Lipinski definition) is 2. The molecular formula is C12H16ClNO2. The van der Waals surface area contributed by atoms with E-state index in [2.05, 4.69) is 5.32 Å². The maximum absolute atomic E-state index is 11.7. The van der Waals surface area contributed by atoms with Gasteiger partial charge in [0.25, 0.3) is 5.91 Å². The lowest BCUT2D eigenvalue weighted by Gasteiger charge is -2.11. The van der Waals surface area contributed by atoms with Crippen LogP contribution in [0.5, 0.6) is 0 Å². The molecule has 0 spiro atoms. The molecule has 0 radical (unpaired) electrons. The number of carbonyl (C=O) groups is 1. The summed E-state index contributed by atoms with van der Waals surface area (Å²) in [5.74, 6) is 0.0897. The number of rotatable bonds is 5. The minimum Gasteiger partial charge on any atom is -0.396 e. The van der Waals surface area contributed by atoms with Gasteiger partial charge >= 0.3 is 0 Å². The molecule has 4 heteroatoms. The van der Waals surface area contributed by atoms with Crippen molar-refractivity contribution in [1.82, 2.24) is 5.32 Å². The molecule has 16 heavy (non-hydrogen) atoms. The summed E-state index contributed by atoms with van der Waals surface area (Å²) in [6.07, 6.45) is 0.683. The molecule has 0 saturated heterocycles. The molecule has 1 amide bonds. The zero-order valence-electron chi connectivity index (χ0n) is 9.24. The quantitative estimate of drug-likeness (QED) is 0.829. The maximum atomic E-state index is 11.7. The Kier molecular flexibility index (Phi) is 5.29. The number of halogens is 1. The second-order valence-corrected chi connectivity index (χ2v) is 4.21. The van der Waals surface area contributed by atoms with Gasteiger partial charge in [-0.1, -0.05) is 30.7 Å². The Morgan fingerprint density at radius 1 is 1.50 bits per heavy atom. The standard InChI is InChI=1S/C12H16ClNO2/c1-9(6-7-15)8-14-12(16)10-4-2-3-5-11(10)13/h2-5,9,15H,6-8H2,1H3,(H,14,16). The topological polar surface area (TPSA) is 49.3 Å². The molecule has 1 aromatic carbocycles. The van der Waals surface area contributed by atoms with Crippen LogP contribution < -0.4 is 5.32 Å². The van der Waals surface area contributed by atoms with Crippen molar-refractivity contribution in [2.75, 3.05) is 13.2 Å².